The molecule has 0 fully saturated rings. The zero-order valence-corrected chi connectivity index (χ0v) is 8.66. The first-order chi connectivity index (χ1) is 6.79. The molecule has 0 aliphatic heterocycles. The Labute approximate surface area is 84.7 Å². The summed E-state index contributed by atoms with van der Waals surface area (Å²) >= 11 is 0. The van der Waals surface area contributed by atoms with E-state index in [1.165, 1.54) is 0 Å². The van der Waals surface area contributed by atoms with Crippen LogP contribution in [0.4, 0.5) is 0 Å². The smallest absolute Gasteiger partial charge is 0.121 e. The molecule has 78 valence electrons. The minimum atomic E-state index is -0.0383. The Balaban J connectivity index is 2.73. The van der Waals surface area contributed by atoms with Crippen LogP contribution in [-0.2, 0) is 4.74 Å². The fourth-order valence-electron chi connectivity index (χ4n) is 1.44. The van der Waals surface area contributed by atoms with Gasteiger partial charge >= 0.3 is 0 Å². The Morgan fingerprint density at radius 3 is 2.71 bits per heavy atom. The van der Waals surface area contributed by atoms with Gasteiger partial charge in [0.1, 0.15) is 5.75 Å². The van der Waals surface area contributed by atoms with Gasteiger partial charge in [-0.3, -0.25) is 0 Å². The summed E-state index contributed by atoms with van der Waals surface area (Å²) in [5.74, 6) is 0.301. The normalized spacial score (nSPS) is 12.7. The summed E-state index contributed by atoms with van der Waals surface area (Å²) < 4.78 is 5.32. The van der Waals surface area contributed by atoms with Crippen LogP contribution in [0, 0.1) is 0 Å². The number of aromatic hydroxyl groups is 1. The molecule has 1 aromatic rings. The van der Waals surface area contributed by atoms with Gasteiger partial charge < -0.3 is 15.2 Å². The molecule has 0 heterocycles. The third kappa shape index (κ3) is 2.72. The van der Waals surface area contributed by atoms with Gasteiger partial charge in [-0.2, -0.15) is 0 Å². The van der Waals surface area contributed by atoms with Gasteiger partial charge in [0.25, 0.3) is 0 Å². The van der Waals surface area contributed by atoms with Gasteiger partial charge in [0.2, 0.25) is 0 Å². The summed E-state index contributed by atoms with van der Waals surface area (Å²) in [7, 11) is 3.56. The molecular weight excluding hydrogens is 178 g/mol. The van der Waals surface area contributed by atoms with E-state index in [2.05, 4.69) is 5.32 Å². The molecule has 0 amide bonds. The van der Waals surface area contributed by atoms with Crippen LogP contribution >= 0.6 is 0 Å². The third-order valence-electron chi connectivity index (χ3n) is 2.22. The summed E-state index contributed by atoms with van der Waals surface area (Å²) in [4.78, 5) is 0. The first kappa shape index (κ1) is 11.0. The molecule has 3 heteroatoms. The zero-order valence-electron chi connectivity index (χ0n) is 8.66. The van der Waals surface area contributed by atoms with E-state index < -0.39 is 0 Å². The lowest BCUT2D eigenvalue weighted by molar-refractivity contribution is 0.0939. The summed E-state index contributed by atoms with van der Waals surface area (Å²) in [5.41, 5.74) is 0.852. The highest BCUT2D eigenvalue weighted by atomic mass is 16.5. The van der Waals surface area contributed by atoms with Crippen LogP contribution in [0.25, 0.3) is 0 Å². The van der Waals surface area contributed by atoms with Crippen molar-refractivity contribution in [2.75, 3.05) is 20.7 Å². The lowest BCUT2D eigenvalue weighted by Gasteiger charge is -2.16. The van der Waals surface area contributed by atoms with Crippen molar-refractivity contribution in [3.05, 3.63) is 29.8 Å². The fourth-order valence-corrected chi connectivity index (χ4v) is 1.44. The molecule has 1 rings (SSSR count). The lowest BCUT2D eigenvalue weighted by Crippen LogP contribution is -2.13. The second kappa shape index (κ2) is 5.62. The van der Waals surface area contributed by atoms with E-state index in [-0.39, 0.29) is 6.10 Å². The quantitative estimate of drug-likeness (QED) is 0.751. The molecule has 1 unspecified atom stereocenters. The van der Waals surface area contributed by atoms with Crippen molar-refractivity contribution < 1.29 is 9.84 Å². The number of hydrogen-bond acceptors (Lipinski definition) is 3. The van der Waals surface area contributed by atoms with Crippen molar-refractivity contribution in [1.82, 2.24) is 5.32 Å². The van der Waals surface area contributed by atoms with E-state index in [9.17, 15) is 5.11 Å². The molecule has 2 N–H and O–H groups in total. The van der Waals surface area contributed by atoms with Gasteiger partial charge in [0, 0.05) is 12.7 Å². The fraction of sp³-hybridized carbons (Fsp3) is 0.455. The zero-order chi connectivity index (χ0) is 10.4. The molecule has 0 aromatic heterocycles. The first-order valence-electron chi connectivity index (χ1n) is 4.75. The maximum absolute atomic E-state index is 9.61. The monoisotopic (exact) mass is 195 g/mol. The molecule has 3 nitrogen and oxygen atoms in total. The van der Waals surface area contributed by atoms with Crippen LogP contribution < -0.4 is 5.32 Å². The van der Waals surface area contributed by atoms with Crippen molar-refractivity contribution in [2.24, 2.45) is 0 Å². The molecule has 1 atom stereocenters. The third-order valence-corrected chi connectivity index (χ3v) is 2.22. The van der Waals surface area contributed by atoms with Crippen LogP contribution in [0.2, 0.25) is 0 Å². The number of ether oxygens (including phenoxy) is 1. The molecule has 1 aromatic carbocycles. The van der Waals surface area contributed by atoms with E-state index in [0.29, 0.717) is 5.75 Å². The Kier molecular flexibility index (Phi) is 4.43. The van der Waals surface area contributed by atoms with Crippen LogP contribution in [0.1, 0.15) is 18.1 Å². The van der Waals surface area contributed by atoms with E-state index in [1.54, 1.807) is 13.2 Å². The minimum absolute atomic E-state index is 0.0383. The highest BCUT2D eigenvalue weighted by Gasteiger charge is 2.12. The average molecular weight is 195 g/mol. The van der Waals surface area contributed by atoms with Crippen LogP contribution in [0.3, 0.4) is 0 Å². The molecule has 0 saturated carbocycles. The number of hydrogen-bond donors (Lipinski definition) is 2. The Hall–Kier alpha value is -1.06. The number of phenolic OH excluding ortho intramolecular Hbond substituents is 1. The molecule has 0 aliphatic carbocycles. The summed E-state index contributed by atoms with van der Waals surface area (Å²) in [6.45, 7) is 0.868. The standard InChI is InChI=1S/C11H17NO2/c1-12-8-7-11(14-2)9-5-3-4-6-10(9)13/h3-6,11-13H,7-8H2,1-2H3. The molecule has 0 saturated heterocycles. The number of phenols is 1. The Bertz CT molecular complexity index is 276. The first-order valence-corrected chi connectivity index (χ1v) is 4.75. The summed E-state index contributed by atoms with van der Waals surface area (Å²) in [6.07, 6.45) is 0.813. The predicted octanol–water partition coefficient (Wildman–Crippen LogP) is 1.69. The SMILES string of the molecule is CNCCC(OC)c1ccccc1O. The van der Waals surface area contributed by atoms with Crippen molar-refractivity contribution in [1.29, 1.82) is 0 Å². The van der Waals surface area contributed by atoms with Gasteiger partial charge in [0.05, 0.1) is 6.10 Å². The predicted molar refractivity (Wildman–Crippen MR) is 56.4 cm³/mol. The average Bonchev–Trinajstić information content (AvgIpc) is 2.21. The summed E-state index contributed by atoms with van der Waals surface area (Å²) in [6, 6.07) is 7.28. The number of methoxy groups -OCH3 is 1. The Morgan fingerprint density at radius 1 is 1.43 bits per heavy atom. The minimum Gasteiger partial charge on any atom is -0.508 e. The van der Waals surface area contributed by atoms with E-state index in [4.69, 9.17) is 4.74 Å². The molecule has 0 bridgehead atoms. The topological polar surface area (TPSA) is 41.5 Å². The van der Waals surface area contributed by atoms with Crippen LogP contribution in [-0.4, -0.2) is 25.8 Å². The van der Waals surface area contributed by atoms with E-state index in [1.807, 2.05) is 25.2 Å². The van der Waals surface area contributed by atoms with Gasteiger partial charge in [-0.1, -0.05) is 18.2 Å². The van der Waals surface area contributed by atoms with Crippen molar-refractivity contribution in [3.8, 4) is 5.75 Å². The number of rotatable bonds is 5. The highest BCUT2D eigenvalue weighted by Crippen LogP contribution is 2.27. The van der Waals surface area contributed by atoms with Crippen molar-refractivity contribution >= 4 is 0 Å². The van der Waals surface area contributed by atoms with Gasteiger partial charge in [-0.05, 0) is 26.1 Å². The summed E-state index contributed by atoms with van der Waals surface area (Å²) in [5, 5.41) is 12.7. The maximum atomic E-state index is 9.61. The van der Waals surface area contributed by atoms with Crippen LogP contribution in [0.5, 0.6) is 5.75 Å². The number of benzene rings is 1. The second-order valence-electron chi connectivity index (χ2n) is 3.18. The van der Waals surface area contributed by atoms with Crippen molar-refractivity contribution in [3.63, 3.8) is 0 Å². The number of para-hydroxylation sites is 1. The molecule has 0 aliphatic rings. The van der Waals surface area contributed by atoms with Crippen molar-refractivity contribution in [2.45, 2.75) is 12.5 Å². The van der Waals surface area contributed by atoms with E-state index >= 15 is 0 Å². The van der Waals surface area contributed by atoms with Gasteiger partial charge in [-0.15, -0.1) is 0 Å². The van der Waals surface area contributed by atoms with Crippen LogP contribution in [0.15, 0.2) is 24.3 Å². The van der Waals surface area contributed by atoms with E-state index in [0.717, 1.165) is 18.5 Å². The molecule has 14 heavy (non-hydrogen) atoms. The molecular formula is C11H17NO2. The maximum Gasteiger partial charge on any atom is 0.121 e. The lowest BCUT2D eigenvalue weighted by atomic mass is 10.1. The molecule has 0 spiro atoms. The second-order valence-corrected chi connectivity index (χ2v) is 3.18. The molecule has 0 radical (unpaired) electrons. The number of nitrogens with one attached hydrogen (secondary N) is 1. The van der Waals surface area contributed by atoms with Gasteiger partial charge in [-0.25, -0.2) is 0 Å². The van der Waals surface area contributed by atoms with Gasteiger partial charge in [0.15, 0.2) is 0 Å². The highest BCUT2D eigenvalue weighted by molar-refractivity contribution is 5.33. The largest absolute Gasteiger partial charge is 0.508 e. The Morgan fingerprint density at radius 2 is 2.14 bits per heavy atom.